The molecule has 1 saturated heterocycles. The highest BCUT2D eigenvalue weighted by Crippen LogP contribution is 2.36. The molecule has 3 heterocycles. The van der Waals surface area contributed by atoms with Gasteiger partial charge in [0.05, 0.1) is 15.7 Å². The Hall–Kier alpha value is -2.04. The van der Waals surface area contributed by atoms with Gasteiger partial charge in [0.1, 0.15) is 11.4 Å². The molecule has 1 aliphatic heterocycles. The molecule has 0 N–H and O–H groups in total. The van der Waals surface area contributed by atoms with Crippen LogP contribution in [0.3, 0.4) is 0 Å². The van der Waals surface area contributed by atoms with Crippen molar-refractivity contribution in [3.63, 3.8) is 0 Å². The summed E-state index contributed by atoms with van der Waals surface area (Å²) in [5, 5.41) is 3.83. The fourth-order valence-corrected chi connectivity index (χ4v) is 3.94. The average Bonchev–Trinajstić information content (AvgIpc) is 3.19. The zero-order valence-corrected chi connectivity index (χ0v) is 14.9. The van der Waals surface area contributed by atoms with E-state index in [2.05, 4.69) is 5.10 Å². The van der Waals surface area contributed by atoms with Crippen LogP contribution in [0.1, 0.15) is 28.2 Å². The normalized spacial score (nSPS) is 16.8. The lowest BCUT2D eigenvalue weighted by molar-refractivity contribution is -0.183. The second-order valence-corrected chi connectivity index (χ2v) is 7.39. The number of rotatable bonds is 2. The topological polar surface area (TPSA) is 38.1 Å². The molecule has 1 amide bonds. The molecule has 27 heavy (non-hydrogen) atoms. The van der Waals surface area contributed by atoms with Gasteiger partial charge in [-0.15, -0.1) is 11.3 Å². The Morgan fingerprint density at radius 3 is 2.30 bits per heavy atom. The highest BCUT2D eigenvalue weighted by Gasteiger charge is 2.42. The largest absolute Gasteiger partial charge is 0.433 e. The van der Waals surface area contributed by atoms with E-state index in [1.807, 2.05) is 0 Å². The quantitative estimate of drug-likeness (QED) is 0.679. The highest BCUT2D eigenvalue weighted by molar-refractivity contribution is 7.17. The summed E-state index contributed by atoms with van der Waals surface area (Å²) in [5.41, 5.74) is -0.822. The van der Waals surface area contributed by atoms with Gasteiger partial charge in [-0.1, -0.05) is 0 Å². The van der Waals surface area contributed by atoms with Gasteiger partial charge in [-0.2, -0.15) is 31.4 Å². The van der Waals surface area contributed by atoms with E-state index in [0.29, 0.717) is 4.88 Å². The van der Waals surface area contributed by atoms with Gasteiger partial charge in [0.2, 0.25) is 0 Å². The number of aromatic nitrogens is 2. The van der Waals surface area contributed by atoms with E-state index in [0.717, 1.165) is 22.1 Å². The Morgan fingerprint density at radius 2 is 1.78 bits per heavy atom. The first-order valence-electron chi connectivity index (χ1n) is 8.04. The summed E-state index contributed by atoms with van der Waals surface area (Å²) >= 11 is 0.970. The summed E-state index contributed by atoms with van der Waals surface area (Å²) < 4.78 is 77.5. The van der Waals surface area contributed by atoms with Crippen LogP contribution in [0.15, 0.2) is 18.2 Å². The van der Waals surface area contributed by atoms with Gasteiger partial charge in [0.15, 0.2) is 0 Å². The molecular weight excluding hydrogens is 396 g/mol. The summed E-state index contributed by atoms with van der Waals surface area (Å²) in [6, 6.07) is 3.85. The molecule has 1 fully saturated rings. The van der Waals surface area contributed by atoms with Crippen LogP contribution in [0.2, 0.25) is 0 Å². The zero-order valence-electron chi connectivity index (χ0n) is 14.1. The van der Waals surface area contributed by atoms with Crippen molar-refractivity contribution in [1.82, 2.24) is 14.7 Å². The minimum Gasteiger partial charge on any atom is -0.338 e. The van der Waals surface area contributed by atoms with Gasteiger partial charge in [0.25, 0.3) is 5.91 Å². The Balaban J connectivity index is 1.72. The fraction of sp³-hybridized carbons (Fsp3) is 0.500. The van der Waals surface area contributed by atoms with Gasteiger partial charge >= 0.3 is 12.4 Å². The Labute approximate surface area is 154 Å². The van der Waals surface area contributed by atoms with E-state index >= 15 is 0 Å². The van der Waals surface area contributed by atoms with Crippen LogP contribution in [-0.2, 0) is 13.2 Å². The maximum absolute atomic E-state index is 12.9. The summed E-state index contributed by atoms with van der Waals surface area (Å²) in [6.07, 6.45) is -9.11. The molecule has 0 atom stereocenters. The average molecular weight is 411 g/mol. The molecule has 11 heteroatoms. The van der Waals surface area contributed by atoms with Gasteiger partial charge in [-0.25, -0.2) is 0 Å². The number of hydrogen-bond acceptors (Lipinski definition) is 3. The number of nitrogens with zero attached hydrogens (tertiary/aromatic N) is 3. The van der Waals surface area contributed by atoms with E-state index in [-0.39, 0.29) is 36.5 Å². The number of carbonyl (C=O) groups excluding carboxylic acids is 1. The molecule has 0 aromatic carbocycles. The molecule has 0 aliphatic carbocycles. The molecule has 0 spiro atoms. The minimum absolute atomic E-state index is 0.00193. The summed E-state index contributed by atoms with van der Waals surface area (Å²) in [6.45, 7) is -0.00386. The van der Waals surface area contributed by atoms with Crippen molar-refractivity contribution < 1.29 is 31.1 Å². The number of alkyl halides is 6. The Bertz CT molecular complexity index is 830. The first kappa shape index (κ1) is 19.7. The minimum atomic E-state index is -4.54. The number of halogens is 6. The van der Waals surface area contributed by atoms with E-state index in [4.69, 9.17) is 0 Å². The van der Waals surface area contributed by atoms with Crippen LogP contribution in [-0.4, -0.2) is 39.9 Å². The molecule has 2 aromatic rings. The zero-order chi connectivity index (χ0) is 20.0. The molecular formula is C16H15F6N3OS. The predicted molar refractivity (Wildman–Crippen MR) is 86.2 cm³/mol. The van der Waals surface area contributed by atoms with Crippen molar-refractivity contribution in [3.8, 4) is 10.6 Å². The lowest BCUT2D eigenvalue weighted by atomic mass is 9.96. The third kappa shape index (κ3) is 4.12. The molecule has 0 saturated carbocycles. The lowest BCUT2D eigenvalue weighted by Gasteiger charge is -2.32. The molecule has 4 nitrogen and oxygen atoms in total. The number of piperidine rings is 1. The predicted octanol–water partition coefficient (Wildman–Crippen LogP) is 4.58. The maximum atomic E-state index is 12.9. The maximum Gasteiger partial charge on any atom is 0.433 e. The van der Waals surface area contributed by atoms with Crippen LogP contribution in [0, 0.1) is 5.92 Å². The highest BCUT2D eigenvalue weighted by atomic mass is 32.1. The molecule has 0 bridgehead atoms. The fourth-order valence-electron chi connectivity index (χ4n) is 3.01. The number of hydrogen-bond donors (Lipinski definition) is 0. The van der Waals surface area contributed by atoms with Crippen LogP contribution in [0.25, 0.3) is 10.6 Å². The van der Waals surface area contributed by atoms with E-state index in [9.17, 15) is 31.1 Å². The van der Waals surface area contributed by atoms with Crippen molar-refractivity contribution >= 4 is 17.2 Å². The van der Waals surface area contributed by atoms with Crippen LogP contribution >= 0.6 is 11.3 Å². The van der Waals surface area contributed by atoms with Crippen LogP contribution in [0.4, 0.5) is 26.3 Å². The van der Waals surface area contributed by atoms with Crippen molar-refractivity contribution in [2.45, 2.75) is 25.2 Å². The second-order valence-electron chi connectivity index (χ2n) is 6.31. The molecule has 0 unspecified atom stereocenters. The van der Waals surface area contributed by atoms with Crippen molar-refractivity contribution in [3.05, 3.63) is 28.8 Å². The van der Waals surface area contributed by atoms with Crippen LogP contribution in [0.5, 0.6) is 0 Å². The second kappa shape index (κ2) is 6.84. The number of carbonyl (C=O) groups is 1. The Kier molecular flexibility index (Phi) is 5.00. The molecule has 3 rings (SSSR count). The third-order valence-corrected chi connectivity index (χ3v) is 5.58. The van der Waals surface area contributed by atoms with Gasteiger partial charge in [-0.05, 0) is 31.0 Å². The van der Waals surface area contributed by atoms with Crippen molar-refractivity contribution in [1.29, 1.82) is 0 Å². The third-order valence-electron chi connectivity index (χ3n) is 4.48. The van der Waals surface area contributed by atoms with E-state index in [1.54, 1.807) is 0 Å². The SMILES string of the molecule is Cn1nc(-c2ccc(C(=O)N3CCC(C(F)(F)F)CC3)s2)cc1C(F)(F)F. The number of likely N-dealkylation sites (tertiary alicyclic amines) is 1. The smallest absolute Gasteiger partial charge is 0.338 e. The number of amides is 1. The molecule has 148 valence electrons. The first-order valence-corrected chi connectivity index (χ1v) is 8.86. The first-order chi connectivity index (χ1) is 12.5. The molecule has 2 aromatic heterocycles. The molecule has 0 radical (unpaired) electrons. The summed E-state index contributed by atoms with van der Waals surface area (Å²) in [5.74, 6) is -1.83. The van der Waals surface area contributed by atoms with Gasteiger partial charge in [0, 0.05) is 20.1 Å². The standard InChI is InChI=1S/C16H15F6N3OS/c1-24-13(16(20,21)22)8-10(23-24)11-2-3-12(27-11)14(26)25-6-4-9(5-7-25)15(17,18)19/h2-3,8-9H,4-7H2,1H3. The van der Waals surface area contributed by atoms with Crippen molar-refractivity contribution in [2.75, 3.05) is 13.1 Å². The van der Waals surface area contributed by atoms with E-state index < -0.39 is 29.9 Å². The number of thiophene rings is 1. The number of aryl methyl sites for hydroxylation is 1. The molecule has 1 aliphatic rings. The lowest BCUT2D eigenvalue weighted by Crippen LogP contribution is -2.41. The van der Waals surface area contributed by atoms with Gasteiger partial charge in [-0.3, -0.25) is 9.48 Å². The monoisotopic (exact) mass is 411 g/mol. The Morgan fingerprint density at radius 1 is 1.15 bits per heavy atom. The van der Waals surface area contributed by atoms with E-state index in [1.165, 1.54) is 24.1 Å². The summed E-state index contributed by atoms with van der Waals surface area (Å²) in [4.78, 5) is 14.5. The van der Waals surface area contributed by atoms with Crippen molar-refractivity contribution in [2.24, 2.45) is 13.0 Å². The summed E-state index contributed by atoms with van der Waals surface area (Å²) in [7, 11) is 1.18. The van der Waals surface area contributed by atoms with Gasteiger partial charge < -0.3 is 4.90 Å². The van der Waals surface area contributed by atoms with Crippen LogP contribution < -0.4 is 0 Å².